The molecular weight excluding hydrogens is 999 g/mol. The van der Waals surface area contributed by atoms with Crippen LogP contribution in [0.5, 0.6) is 0 Å². The SMILES string of the molecule is CC(C)(C)CC(c1ccccc1-c1ccc2c(c1)C1(c3ccccc3-2)c2ccccc2-c2ccc(-c3c4ccccc4c(N(c4ccc(-c5ccccc5)cc4)c4ccc5c(c4)C(C)(C)c4ccccc4-5)c4ccccc34)cc21)C(C)(C)C. The van der Waals surface area contributed by atoms with Crippen molar-refractivity contribution in [2.24, 2.45) is 10.8 Å². The van der Waals surface area contributed by atoms with E-state index in [0.29, 0.717) is 5.92 Å². The number of nitrogens with zero attached hydrogens (tertiary/aromatic N) is 1. The van der Waals surface area contributed by atoms with Gasteiger partial charge in [-0.15, -0.1) is 0 Å². The molecular formula is C82H69N. The van der Waals surface area contributed by atoms with Crippen molar-refractivity contribution in [1.82, 2.24) is 0 Å². The lowest BCUT2D eigenvalue weighted by atomic mass is 9.67. The number of anilines is 3. The Hall–Kier alpha value is -9.04. The van der Waals surface area contributed by atoms with Crippen LogP contribution in [-0.2, 0) is 10.8 Å². The highest BCUT2D eigenvalue weighted by Gasteiger charge is 2.52. The maximum Gasteiger partial charge on any atom is 0.0725 e. The van der Waals surface area contributed by atoms with E-state index in [1.807, 2.05) is 0 Å². The molecule has 2 unspecified atom stereocenters. The second-order valence-electron chi connectivity index (χ2n) is 26.6. The second-order valence-corrected chi connectivity index (χ2v) is 26.6. The Balaban J connectivity index is 0.957. The maximum atomic E-state index is 2.59. The molecule has 0 N–H and O–H groups in total. The van der Waals surface area contributed by atoms with Crippen LogP contribution in [0.1, 0.15) is 107 Å². The minimum atomic E-state index is -0.553. The van der Waals surface area contributed by atoms with Crippen molar-refractivity contribution in [2.75, 3.05) is 4.90 Å². The average Bonchev–Trinajstić information content (AvgIpc) is 1.66. The lowest BCUT2D eigenvalue weighted by Crippen LogP contribution is -2.26. The summed E-state index contributed by atoms with van der Waals surface area (Å²) >= 11 is 0. The predicted molar refractivity (Wildman–Crippen MR) is 353 cm³/mol. The van der Waals surface area contributed by atoms with Crippen molar-refractivity contribution in [3.05, 3.63) is 294 Å². The minimum absolute atomic E-state index is 0.0717. The molecule has 2 atom stereocenters. The topological polar surface area (TPSA) is 3.24 Å². The van der Waals surface area contributed by atoms with Crippen LogP contribution < -0.4 is 4.90 Å². The molecule has 0 saturated heterocycles. The summed E-state index contributed by atoms with van der Waals surface area (Å²) in [5.41, 5.74) is 27.9. The van der Waals surface area contributed by atoms with Gasteiger partial charge in [0.1, 0.15) is 0 Å². The molecule has 1 spiro atoms. The normalized spacial score (nSPS) is 15.6. The Kier molecular flexibility index (Phi) is 11.5. The third kappa shape index (κ3) is 7.80. The van der Waals surface area contributed by atoms with Crippen LogP contribution in [0.4, 0.5) is 17.1 Å². The molecule has 0 bridgehead atoms. The van der Waals surface area contributed by atoms with Gasteiger partial charge in [0.15, 0.2) is 0 Å². The van der Waals surface area contributed by atoms with E-state index in [4.69, 9.17) is 0 Å². The third-order valence-electron chi connectivity index (χ3n) is 19.1. The van der Waals surface area contributed by atoms with Gasteiger partial charge in [0.25, 0.3) is 0 Å². The molecule has 3 aliphatic rings. The van der Waals surface area contributed by atoms with Crippen molar-refractivity contribution in [2.45, 2.75) is 78.6 Å². The number of benzene rings is 12. The van der Waals surface area contributed by atoms with Gasteiger partial charge in [-0.1, -0.05) is 274 Å². The second kappa shape index (κ2) is 18.7. The van der Waals surface area contributed by atoms with Gasteiger partial charge in [0.05, 0.1) is 11.1 Å². The first-order valence-electron chi connectivity index (χ1n) is 29.9. The zero-order chi connectivity index (χ0) is 56.6. The van der Waals surface area contributed by atoms with Gasteiger partial charge in [-0.25, -0.2) is 0 Å². The Morgan fingerprint density at radius 3 is 1.35 bits per heavy atom. The van der Waals surface area contributed by atoms with Gasteiger partial charge in [0.2, 0.25) is 0 Å². The summed E-state index contributed by atoms with van der Waals surface area (Å²) in [6, 6.07) is 97.2. The molecule has 0 aromatic heterocycles. The Morgan fingerprint density at radius 1 is 0.337 bits per heavy atom. The predicted octanol–water partition coefficient (Wildman–Crippen LogP) is 22.7. The van der Waals surface area contributed by atoms with Gasteiger partial charge < -0.3 is 4.90 Å². The molecule has 402 valence electrons. The van der Waals surface area contributed by atoms with Crippen molar-refractivity contribution < 1.29 is 0 Å². The quantitative estimate of drug-likeness (QED) is 0.137. The number of rotatable bonds is 8. The highest BCUT2D eigenvalue weighted by Crippen LogP contribution is 2.64. The van der Waals surface area contributed by atoms with E-state index in [1.54, 1.807) is 0 Å². The summed E-state index contributed by atoms with van der Waals surface area (Å²) in [4.78, 5) is 2.55. The largest absolute Gasteiger partial charge is 0.309 e. The van der Waals surface area contributed by atoms with Crippen LogP contribution in [0.3, 0.4) is 0 Å². The fourth-order valence-electron chi connectivity index (χ4n) is 15.4. The van der Waals surface area contributed by atoms with Crippen molar-refractivity contribution in [3.8, 4) is 66.8 Å². The highest BCUT2D eigenvalue weighted by molar-refractivity contribution is 6.22. The highest BCUT2D eigenvalue weighted by atomic mass is 15.1. The molecule has 12 aromatic rings. The van der Waals surface area contributed by atoms with Gasteiger partial charge in [0, 0.05) is 27.6 Å². The smallest absolute Gasteiger partial charge is 0.0725 e. The fraction of sp³-hybridized carbons (Fsp3) is 0.171. The van der Waals surface area contributed by atoms with Crippen LogP contribution in [0.2, 0.25) is 0 Å². The van der Waals surface area contributed by atoms with E-state index in [-0.39, 0.29) is 16.2 Å². The maximum absolute atomic E-state index is 2.59. The van der Waals surface area contributed by atoms with Crippen LogP contribution in [0, 0.1) is 10.8 Å². The van der Waals surface area contributed by atoms with E-state index in [2.05, 4.69) is 315 Å². The fourth-order valence-corrected chi connectivity index (χ4v) is 15.4. The monoisotopic (exact) mass is 1070 g/mol. The molecule has 83 heavy (non-hydrogen) atoms. The van der Waals surface area contributed by atoms with E-state index < -0.39 is 5.41 Å². The van der Waals surface area contributed by atoms with Crippen molar-refractivity contribution in [1.29, 1.82) is 0 Å². The molecule has 3 aliphatic carbocycles. The average molecular weight is 1070 g/mol. The lowest BCUT2D eigenvalue weighted by molar-refractivity contribution is 0.229. The van der Waals surface area contributed by atoms with E-state index in [0.717, 1.165) is 17.8 Å². The van der Waals surface area contributed by atoms with E-state index in [1.165, 1.54) is 133 Å². The number of hydrogen-bond donors (Lipinski definition) is 0. The summed E-state index contributed by atoms with van der Waals surface area (Å²) in [5.74, 6) is 0.371. The van der Waals surface area contributed by atoms with Crippen LogP contribution in [-0.4, -0.2) is 0 Å². The minimum Gasteiger partial charge on any atom is -0.309 e. The van der Waals surface area contributed by atoms with E-state index >= 15 is 0 Å². The molecule has 0 saturated carbocycles. The first-order chi connectivity index (χ1) is 40.2. The molecule has 0 radical (unpaired) electrons. The molecule has 1 heteroatoms. The van der Waals surface area contributed by atoms with Crippen LogP contribution in [0.25, 0.3) is 88.3 Å². The van der Waals surface area contributed by atoms with Gasteiger partial charge >= 0.3 is 0 Å². The third-order valence-corrected chi connectivity index (χ3v) is 19.1. The number of hydrogen-bond acceptors (Lipinski definition) is 1. The first kappa shape index (κ1) is 50.9. The zero-order valence-corrected chi connectivity index (χ0v) is 49.0. The first-order valence-corrected chi connectivity index (χ1v) is 29.9. The summed E-state index contributed by atoms with van der Waals surface area (Å²) in [7, 11) is 0. The standard InChI is InChI=1S/C82H69N/c1-79(2,3)51-76(80(4,5)6)59-27-13-12-26-58(59)54-40-45-64-61-29-19-22-36-71(61)82(74(64)48-54)72-37-23-20-30-62(72)65-46-41-55(49-75(65)82)77-66-31-14-16-33-68(66)78(69-34-17-15-32-67(69)77)83(56-42-38-53(39-43-56)52-24-10-9-11-25-52)57-44-47-63-60-28-18-21-35-70(60)81(7,8)73(63)50-57/h9-50,76H,51H2,1-8H3. The molecule has 12 aromatic carbocycles. The Bertz CT molecular complexity index is 4510. The number of fused-ring (bicyclic) bond motifs is 15. The molecule has 1 nitrogen and oxygen atoms in total. The van der Waals surface area contributed by atoms with Gasteiger partial charge in [-0.05, 0) is 176 Å². The van der Waals surface area contributed by atoms with E-state index in [9.17, 15) is 0 Å². The van der Waals surface area contributed by atoms with Crippen molar-refractivity contribution >= 4 is 38.6 Å². The lowest BCUT2D eigenvalue weighted by Gasteiger charge is -2.37. The van der Waals surface area contributed by atoms with Crippen LogP contribution >= 0.6 is 0 Å². The molecule has 0 fully saturated rings. The van der Waals surface area contributed by atoms with Crippen molar-refractivity contribution in [3.63, 3.8) is 0 Å². The van der Waals surface area contributed by atoms with Gasteiger partial charge in [-0.3, -0.25) is 0 Å². The molecule has 15 rings (SSSR count). The zero-order valence-electron chi connectivity index (χ0n) is 49.0. The molecule has 0 aliphatic heterocycles. The summed E-state index contributed by atoms with van der Waals surface area (Å²) in [6.07, 6.45) is 1.10. The molecule has 0 heterocycles. The summed E-state index contributed by atoms with van der Waals surface area (Å²) in [6.45, 7) is 19.2. The summed E-state index contributed by atoms with van der Waals surface area (Å²) in [5, 5.41) is 4.85. The Morgan fingerprint density at radius 2 is 0.759 bits per heavy atom. The Labute approximate surface area is 490 Å². The molecule has 0 amide bonds. The summed E-state index contributed by atoms with van der Waals surface area (Å²) < 4.78 is 0. The van der Waals surface area contributed by atoms with Gasteiger partial charge in [-0.2, -0.15) is 0 Å². The van der Waals surface area contributed by atoms with Crippen LogP contribution in [0.15, 0.2) is 255 Å².